The van der Waals surface area contributed by atoms with Gasteiger partial charge in [-0.05, 0) is 66.9 Å². The monoisotopic (exact) mass is 629 g/mol. The molecule has 2 bridgehead atoms. The van der Waals surface area contributed by atoms with Crippen LogP contribution in [0, 0.1) is 23.2 Å². The van der Waals surface area contributed by atoms with Crippen LogP contribution in [-0.4, -0.2) is 59.7 Å². The predicted molar refractivity (Wildman–Crippen MR) is 175 cm³/mol. The number of carbonyl (C=O) groups is 3. The molecule has 5 fully saturated rings. The van der Waals surface area contributed by atoms with Gasteiger partial charge in [0.05, 0.1) is 17.6 Å². The minimum atomic E-state index is -1.21. The molecule has 0 spiro atoms. The molecule has 3 saturated carbocycles. The Morgan fingerprint density at radius 2 is 1.72 bits per heavy atom. The van der Waals surface area contributed by atoms with Crippen LogP contribution in [0.5, 0.6) is 0 Å². The maximum Gasteiger partial charge on any atom is 0.481 e. The van der Waals surface area contributed by atoms with Gasteiger partial charge in [0.15, 0.2) is 0 Å². The summed E-state index contributed by atoms with van der Waals surface area (Å²) >= 11 is 0. The van der Waals surface area contributed by atoms with Gasteiger partial charge in [-0.25, -0.2) is 4.79 Å². The lowest BCUT2D eigenvalue weighted by Crippen LogP contribution is -2.65. The van der Waals surface area contributed by atoms with Gasteiger partial charge in [0, 0.05) is 6.54 Å². The summed E-state index contributed by atoms with van der Waals surface area (Å²) in [6.45, 7) is 13.1. The second kappa shape index (κ2) is 12.3. The van der Waals surface area contributed by atoms with E-state index in [1.165, 1.54) is 0 Å². The molecule has 0 aromatic heterocycles. The highest BCUT2D eigenvalue weighted by atomic mass is 16.7. The Labute approximate surface area is 273 Å². The summed E-state index contributed by atoms with van der Waals surface area (Å²) in [7, 11) is -0.569. The van der Waals surface area contributed by atoms with Gasteiger partial charge >= 0.3 is 13.2 Å². The minimum Gasteiger partial charge on any atom is -0.445 e. The van der Waals surface area contributed by atoms with Crippen molar-refractivity contribution >= 4 is 25.0 Å². The second-order valence-corrected chi connectivity index (χ2v) is 14.7. The molecule has 3 amide bonds. The quantitative estimate of drug-likeness (QED) is 0.339. The van der Waals surface area contributed by atoms with E-state index >= 15 is 0 Å². The highest BCUT2D eigenvalue weighted by Gasteiger charge is 2.68. The number of amides is 3. The third-order valence-electron chi connectivity index (χ3n) is 11.7. The average molecular weight is 630 g/mol. The highest BCUT2D eigenvalue weighted by Crippen LogP contribution is 2.65. The summed E-state index contributed by atoms with van der Waals surface area (Å²) in [4.78, 5) is 43.3. The van der Waals surface area contributed by atoms with E-state index in [0.29, 0.717) is 36.8 Å². The maximum atomic E-state index is 14.4. The van der Waals surface area contributed by atoms with Crippen molar-refractivity contribution in [1.29, 1.82) is 0 Å². The number of nitrogens with one attached hydrogen (secondary N) is 2. The molecule has 0 radical (unpaired) electrons. The van der Waals surface area contributed by atoms with Crippen molar-refractivity contribution < 1.29 is 28.4 Å². The van der Waals surface area contributed by atoms with Crippen molar-refractivity contribution in [2.24, 2.45) is 23.2 Å². The van der Waals surface area contributed by atoms with Crippen LogP contribution in [0.4, 0.5) is 4.79 Å². The zero-order chi connectivity index (χ0) is 32.9. The fourth-order valence-corrected chi connectivity index (χ4v) is 8.55. The molecule has 5 aliphatic rings. The van der Waals surface area contributed by atoms with Gasteiger partial charge in [-0.3, -0.25) is 9.59 Å². The molecule has 9 nitrogen and oxygen atoms in total. The van der Waals surface area contributed by atoms with Crippen molar-refractivity contribution in [2.45, 2.75) is 103 Å². The third kappa shape index (κ3) is 5.51. The molecule has 2 aromatic rings. The average Bonchev–Trinajstić information content (AvgIpc) is 3.57. The maximum absolute atomic E-state index is 14.4. The van der Waals surface area contributed by atoms with Crippen LogP contribution in [0.25, 0.3) is 0 Å². The van der Waals surface area contributed by atoms with Gasteiger partial charge in [-0.2, -0.15) is 0 Å². The standard InChI is InChI=1S/C36H48BN3O6/c1-7-29(37-45-28-21-26-20-27(34(26,4)5)35(28,6)46-37)38-31(41)30(25-16-12-9-13-17-25)40-19-18-36(23(2)3,32(40)42)39-33(43)44-22-24-14-10-8-11-15-24/h8-17,23,26-30H,7,18-22H2,1-6H3,(H,38,41)(H,39,43)/t26-,27-,28?,29+,30+,35+,36?/m1/s1. The number of ether oxygens (including phenoxy) is 1. The smallest absolute Gasteiger partial charge is 0.445 e. The molecule has 7 rings (SSSR count). The summed E-state index contributed by atoms with van der Waals surface area (Å²) in [5, 5.41) is 6.13. The molecule has 3 aliphatic carbocycles. The number of likely N-dealkylation sites (tertiary alicyclic amines) is 1. The first kappa shape index (κ1) is 32.6. The van der Waals surface area contributed by atoms with Crippen LogP contribution in [0.15, 0.2) is 60.7 Å². The molecular weight excluding hydrogens is 581 g/mol. The van der Waals surface area contributed by atoms with Gasteiger partial charge in [-0.1, -0.05) is 95.3 Å². The molecule has 2 saturated heterocycles. The lowest BCUT2D eigenvalue weighted by molar-refractivity contribution is -0.199. The Kier molecular flexibility index (Phi) is 8.74. The lowest BCUT2D eigenvalue weighted by atomic mass is 9.43. The zero-order valence-corrected chi connectivity index (χ0v) is 28.0. The van der Waals surface area contributed by atoms with Crippen molar-refractivity contribution in [1.82, 2.24) is 15.5 Å². The van der Waals surface area contributed by atoms with E-state index in [1.807, 2.05) is 81.4 Å². The van der Waals surface area contributed by atoms with Crippen molar-refractivity contribution in [3.8, 4) is 0 Å². The number of nitrogens with zero attached hydrogens (tertiary/aromatic N) is 1. The predicted octanol–water partition coefficient (Wildman–Crippen LogP) is 5.44. The number of hydrogen-bond donors (Lipinski definition) is 2. The van der Waals surface area contributed by atoms with Crippen LogP contribution < -0.4 is 10.6 Å². The molecule has 2 unspecified atom stereocenters. The second-order valence-electron chi connectivity index (χ2n) is 14.7. The highest BCUT2D eigenvalue weighted by molar-refractivity contribution is 6.47. The number of alkyl carbamates (subject to hydrolysis) is 1. The molecule has 246 valence electrons. The zero-order valence-electron chi connectivity index (χ0n) is 28.0. The molecule has 2 heterocycles. The molecular formula is C36H48BN3O6. The van der Waals surface area contributed by atoms with E-state index in [1.54, 1.807) is 4.90 Å². The van der Waals surface area contributed by atoms with Crippen LogP contribution >= 0.6 is 0 Å². The Hall–Kier alpha value is -3.37. The molecule has 2 N–H and O–H groups in total. The number of benzene rings is 2. The van der Waals surface area contributed by atoms with Crippen molar-refractivity contribution in [3.63, 3.8) is 0 Å². The van der Waals surface area contributed by atoms with E-state index in [-0.39, 0.29) is 47.4 Å². The Morgan fingerprint density at radius 1 is 1.04 bits per heavy atom. The van der Waals surface area contributed by atoms with Gasteiger partial charge < -0.3 is 29.6 Å². The molecule has 10 heteroatoms. The summed E-state index contributed by atoms with van der Waals surface area (Å²) < 4.78 is 18.8. The number of carbonyl (C=O) groups excluding carboxylic acids is 3. The van der Waals surface area contributed by atoms with E-state index < -0.39 is 24.8 Å². The third-order valence-corrected chi connectivity index (χ3v) is 11.7. The van der Waals surface area contributed by atoms with E-state index in [0.717, 1.165) is 18.4 Å². The Morgan fingerprint density at radius 3 is 2.35 bits per heavy atom. The first-order valence-electron chi connectivity index (χ1n) is 16.9. The molecule has 2 aromatic carbocycles. The first-order chi connectivity index (χ1) is 21.9. The minimum absolute atomic E-state index is 0.00434. The topological polar surface area (TPSA) is 106 Å². The molecule has 7 atom stereocenters. The molecule has 46 heavy (non-hydrogen) atoms. The van der Waals surface area contributed by atoms with Crippen LogP contribution in [0.1, 0.15) is 84.4 Å². The van der Waals surface area contributed by atoms with Crippen LogP contribution in [0.3, 0.4) is 0 Å². The summed E-state index contributed by atoms with van der Waals surface area (Å²) in [6, 6.07) is 17.9. The fourth-order valence-electron chi connectivity index (χ4n) is 8.55. The number of hydrogen-bond acceptors (Lipinski definition) is 6. The lowest BCUT2D eigenvalue weighted by Gasteiger charge is -2.64. The Balaban J connectivity index is 1.19. The first-order valence-corrected chi connectivity index (χ1v) is 16.9. The van der Waals surface area contributed by atoms with Gasteiger partial charge in [-0.15, -0.1) is 0 Å². The van der Waals surface area contributed by atoms with Crippen molar-refractivity contribution in [3.05, 3.63) is 71.8 Å². The summed E-state index contributed by atoms with van der Waals surface area (Å²) in [5.41, 5.74) is 0.175. The van der Waals surface area contributed by atoms with E-state index in [9.17, 15) is 14.4 Å². The van der Waals surface area contributed by atoms with Gasteiger partial charge in [0.1, 0.15) is 18.2 Å². The molecule has 2 aliphatic heterocycles. The van der Waals surface area contributed by atoms with Crippen LogP contribution in [-0.2, 0) is 30.2 Å². The van der Waals surface area contributed by atoms with Crippen molar-refractivity contribution in [2.75, 3.05) is 6.54 Å². The van der Waals surface area contributed by atoms with E-state index in [4.69, 9.17) is 14.0 Å². The largest absolute Gasteiger partial charge is 0.481 e. The van der Waals surface area contributed by atoms with Gasteiger partial charge in [0.25, 0.3) is 0 Å². The Bertz CT molecular complexity index is 1440. The van der Waals surface area contributed by atoms with E-state index in [2.05, 4.69) is 31.4 Å². The number of rotatable bonds is 10. The normalized spacial score (nSPS) is 30.8. The fraction of sp³-hybridized carbons (Fsp3) is 0.583. The van der Waals surface area contributed by atoms with Crippen LogP contribution in [0.2, 0.25) is 0 Å². The summed E-state index contributed by atoms with van der Waals surface area (Å²) in [6.07, 6.45) is 2.42. The van der Waals surface area contributed by atoms with Gasteiger partial charge in [0.2, 0.25) is 11.8 Å². The SMILES string of the molecule is CC[C@H](NC(=O)[C@H](c1ccccc1)N1CCC(NC(=O)OCc2ccccc2)(C(C)C)C1=O)B1OC2C[C@H]3C[C@H](C3(C)C)[C@]2(C)O1. The summed E-state index contributed by atoms with van der Waals surface area (Å²) in [5.74, 6) is -0.185.